The van der Waals surface area contributed by atoms with Crippen molar-refractivity contribution in [2.24, 2.45) is 0 Å². The van der Waals surface area contributed by atoms with Gasteiger partial charge in [0.05, 0.1) is 0 Å². The van der Waals surface area contributed by atoms with Gasteiger partial charge in [0.15, 0.2) is 0 Å². The molecule has 90 valence electrons. The van der Waals surface area contributed by atoms with Crippen molar-refractivity contribution in [1.29, 1.82) is 0 Å². The van der Waals surface area contributed by atoms with E-state index in [1.165, 1.54) is 45.4 Å². The zero-order chi connectivity index (χ0) is 11.2. The third-order valence-electron chi connectivity index (χ3n) is 3.14. The van der Waals surface area contributed by atoms with Crippen LogP contribution < -0.4 is 5.32 Å². The summed E-state index contributed by atoms with van der Waals surface area (Å²) in [6, 6.07) is 2.29. The third-order valence-corrected chi connectivity index (χ3v) is 4.16. The van der Waals surface area contributed by atoms with Crippen molar-refractivity contribution in [3.63, 3.8) is 0 Å². The van der Waals surface area contributed by atoms with E-state index in [-0.39, 0.29) is 0 Å². The molecule has 0 radical (unpaired) electrons. The van der Waals surface area contributed by atoms with E-state index in [0.29, 0.717) is 0 Å². The van der Waals surface area contributed by atoms with E-state index in [4.69, 9.17) is 0 Å². The summed E-state index contributed by atoms with van der Waals surface area (Å²) in [5, 5.41) is 5.70. The maximum atomic E-state index is 3.46. The molecule has 0 amide bonds. The minimum Gasteiger partial charge on any atom is -0.317 e. The fraction of sp³-hybridized carbons (Fsp3) is 0.692. The van der Waals surface area contributed by atoms with Crippen LogP contribution in [0.3, 0.4) is 0 Å². The molecule has 0 atom stereocenters. The summed E-state index contributed by atoms with van der Waals surface area (Å²) in [5.41, 5.74) is 1.57. The lowest BCUT2D eigenvalue weighted by atomic mass is 10.1. The van der Waals surface area contributed by atoms with E-state index in [2.05, 4.69) is 28.6 Å². The number of nitrogens with zero attached hydrogens (tertiary/aromatic N) is 1. The van der Waals surface area contributed by atoms with Crippen molar-refractivity contribution in [2.45, 2.75) is 32.7 Å². The molecular weight excluding hydrogens is 216 g/mol. The normalized spacial score (nSPS) is 16.3. The van der Waals surface area contributed by atoms with E-state index >= 15 is 0 Å². The predicted octanol–water partition coefficient (Wildman–Crippen LogP) is 2.50. The van der Waals surface area contributed by atoms with Gasteiger partial charge in [-0.1, -0.05) is 6.92 Å². The van der Waals surface area contributed by atoms with Crippen molar-refractivity contribution in [3.05, 3.63) is 21.9 Å². The summed E-state index contributed by atoms with van der Waals surface area (Å²) in [4.78, 5) is 4.20. The zero-order valence-electron chi connectivity index (χ0n) is 10.2. The van der Waals surface area contributed by atoms with Gasteiger partial charge in [-0.2, -0.15) is 0 Å². The molecule has 0 bridgehead atoms. The minimum absolute atomic E-state index is 1.16. The zero-order valence-corrected chi connectivity index (χ0v) is 11.0. The molecule has 2 rings (SSSR count). The highest BCUT2D eigenvalue weighted by molar-refractivity contribution is 7.10. The summed E-state index contributed by atoms with van der Waals surface area (Å²) in [6.45, 7) is 8.21. The summed E-state index contributed by atoms with van der Waals surface area (Å²) in [7, 11) is 0. The van der Waals surface area contributed by atoms with Gasteiger partial charge in [0.25, 0.3) is 0 Å². The monoisotopic (exact) mass is 238 g/mol. The maximum Gasteiger partial charge on any atom is 0.0244 e. The van der Waals surface area contributed by atoms with E-state index in [1.807, 2.05) is 11.3 Å². The molecule has 2 heterocycles. The molecule has 0 saturated carbocycles. The average molecular weight is 238 g/mol. The van der Waals surface area contributed by atoms with Crippen LogP contribution in [0.1, 0.15) is 30.2 Å². The van der Waals surface area contributed by atoms with Crippen LogP contribution in [0, 0.1) is 0 Å². The van der Waals surface area contributed by atoms with E-state index < -0.39 is 0 Å². The lowest BCUT2D eigenvalue weighted by molar-refractivity contribution is 0.252. The topological polar surface area (TPSA) is 15.3 Å². The minimum atomic E-state index is 1.16. The maximum absolute atomic E-state index is 3.46. The average Bonchev–Trinajstić information content (AvgIpc) is 2.76. The Morgan fingerprint density at radius 3 is 3.25 bits per heavy atom. The van der Waals surface area contributed by atoms with E-state index in [9.17, 15) is 0 Å². The Labute approximate surface area is 103 Å². The first-order chi connectivity index (χ1) is 7.90. The number of thiophene rings is 1. The highest BCUT2D eigenvalue weighted by atomic mass is 32.1. The Morgan fingerprint density at radius 1 is 1.44 bits per heavy atom. The van der Waals surface area contributed by atoms with Gasteiger partial charge in [-0.25, -0.2) is 0 Å². The van der Waals surface area contributed by atoms with Crippen LogP contribution >= 0.6 is 11.3 Å². The molecule has 2 nitrogen and oxygen atoms in total. The molecule has 0 fully saturated rings. The molecule has 16 heavy (non-hydrogen) atoms. The molecule has 0 unspecified atom stereocenters. The van der Waals surface area contributed by atoms with Gasteiger partial charge >= 0.3 is 0 Å². The fourth-order valence-electron chi connectivity index (χ4n) is 2.23. The number of rotatable bonds is 6. The Balaban J connectivity index is 1.65. The molecule has 0 saturated heterocycles. The van der Waals surface area contributed by atoms with Crippen molar-refractivity contribution >= 4 is 11.3 Å². The highest BCUT2D eigenvalue weighted by Gasteiger charge is 2.15. The number of hydrogen-bond donors (Lipinski definition) is 1. The standard InChI is InChI=1S/C13H22N2S/c1-2-6-14-7-3-8-15-9-4-13-12(11-15)5-10-16-13/h5,10,14H,2-4,6-9,11H2,1H3. The summed E-state index contributed by atoms with van der Waals surface area (Å²) in [5.74, 6) is 0. The Bertz CT molecular complexity index is 309. The van der Waals surface area contributed by atoms with Crippen molar-refractivity contribution < 1.29 is 0 Å². The van der Waals surface area contributed by atoms with Gasteiger partial charge in [-0.05, 0) is 55.9 Å². The molecule has 1 aliphatic rings. The lowest BCUT2D eigenvalue weighted by Crippen LogP contribution is -2.32. The summed E-state index contributed by atoms with van der Waals surface area (Å²) >= 11 is 1.92. The molecule has 1 aromatic rings. The van der Waals surface area contributed by atoms with Crippen LogP contribution in [-0.4, -0.2) is 31.1 Å². The molecular formula is C13H22N2S. The van der Waals surface area contributed by atoms with Gasteiger partial charge in [-0.15, -0.1) is 11.3 Å². The second kappa shape index (κ2) is 6.38. The molecule has 1 N–H and O–H groups in total. The first-order valence-corrected chi connectivity index (χ1v) is 7.26. The lowest BCUT2D eigenvalue weighted by Gasteiger charge is -2.26. The van der Waals surface area contributed by atoms with Crippen molar-refractivity contribution in [3.8, 4) is 0 Å². The Hall–Kier alpha value is -0.380. The van der Waals surface area contributed by atoms with Crippen LogP contribution in [0.15, 0.2) is 11.4 Å². The van der Waals surface area contributed by atoms with E-state index in [1.54, 1.807) is 10.4 Å². The van der Waals surface area contributed by atoms with Crippen LogP contribution in [0.5, 0.6) is 0 Å². The van der Waals surface area contributed by atoms with Crippen molar-refractivity contribution in [1.82, 2.24) is 10.2 Å². The first kappa shape index (κ1) is 12.1. The Kier molecular flexibility index (Phi) is 4.82. The number of hydrogen-bond acceptors (Lipinski definition) is 3. The molecule has 3 heteroatoms. The summed E-state index contributed by atoms with van der Waals surface area (Å²) in [6.07, 6.45) is 3.77. The van der Waals surface area contributed by atoms with Crippen LogP contribution in [0.2, 0.25) is 0 Å². The van der Waals surface area contributed by atoms with Gasteiger partial charge in [-0.3, -0.25) is 4.90 Å². The predicted molar refractivity (Wildman–Crippen MR) is 71.1 cm³/mol. The number of nitrogens with one attached hydrogen (secondary N) is 1. The molecule has 0 aromatic carbocycles. The SMILES string of the molecule is CCCNCCCN1CCc2sccc2C1. The van der Waals surface area contributed by atoms with Gasteiger partial charge in [0.2, 0.25) is 0 Å². The fourth-order valence-corrected chi connectivity index (χ4v) is 3.12. The smallest absolute Gasteiger partial charge is 0.0244 e. The summed E-state index contributed by atoms with van der Waals surface area (Å²) < 4.78 is 0. The van der Waals surface area contributed by atoms with E-state index in [0.717, 1.165) is 6.54 Å². The molecule has 0 aliphatic carbocycles. The molecule has 1 aliphatic heterocycles. The molecule has 1 aromatic heterocycles. The van der Waals surface area contributed by atoms with Crippen molar-refractivity contribution in [2.75, 3.05) is 26.2 Å². The van der Waals surface area contributed by atoms with Gasteiger partial charge < -0.3 is 5.32 Å². The first-order valence-electron chi connectivity index (χ1n) is 6.38. The Morgan fingerprint density at radius 2 is 2.38 bits per heavy atom. The molecule has 0 spiro atoms. The largest absolute Gasteiger partial charge is 0.317 e. The highest BCUT2D eigenvalue weighted by Crippen LogP contribution is 2.23. The van der Waals surface area contributed by atoms with Gasteiger partial charge in [0, 0.05) is 18.0 Å². The second-order valence-corrected chi connectivity index (χ2v) is 5.50. The van der Waals surface area contributed by atoms with Crippen LogP contribution in [-0.2, 0) is 13.0 Å². The number of fused-ring (bicyclic) bond motifs is 1. The van der Waals surface area contributed by atoms with Crippen LogP contribution in [0.4, 0.5) is 0 Å². The quantitative estimate of drug-likeness (QED) is 0.766. The van der Waals surface area contributed by atoms with Crippen LogP contribution in [0.25, 0.3) is 0 Å². The second-order valence-electron chi connectivity index (χ2n) is 4.50. The van der Waals surface area contributed by atoms with Gasteiger partial charge in [0.1, 0.15) is 0 Å². The third kappa shape index (κ3) is 3.30.